The molecule has 0 aliphatic rings. The van der Waals surface area contributed by atoms with Crippen molar-refractivity contribution in [1.82, 2.24) is 15.6 Å². The van der Waals surface area contributed by atoms with Crippen LogP contribution in [0.3, 0.4) is 0 Å². The van der Waals surface area contributed by atoms with Gasteiger partial charge in [0.2, 0.25) is 0 Å². The first-order valence-corrected chi connectivity index (χ1v) is 8.30. The largest absolute Gasteiger partial charge is 0.352 e. The summed E-state index contributed by atoms with van der Waals surface area (Å²) in [5, 5.41) is 11.2. The maximum atomic E-state index is 12.0. The van der Waals surface area contributed by atoms with E-state index in [0.717, 1.165) is 5.01 Å². The summed E-state index contributed by atoms with van der Waals surface area (Å²) in [6.45, 7) is 4.92. The van der Waals surface area contributed by atoms with Crippen molar-refractivity contribution in [2.45, 2.75) is 19.8 Å². The minimum absolute atomic E-state index is 0.155. The number of rotatable bonds is 6. The molecular formula is C16H20N4O2S. The smallest absolute Gasteiger partial charge is 0.319 e. The van der Waals surface area contributed by atoms with E-state index in [2.05, 4.69) is 20.9 Å². The Hall–Kier alpha value is -2.41. The number of amides is 3. The number of aromatic nitrogens is 1. The average Bonchev–Trinajstić information content (AvgIpc) is 3.07. The van der Waals surface area contributed by atoms with Gasteiger partial charge in [-0.1, -0.05) is 13.0 Å². The van der Waals surface area contributed by atoms with Gasteiger partial charge in [0.05, 0.1) is 5.01 Å². The lowest BCUT2D eigenvalue weighted by Gasteiger charge is -2.12. The van der Waals surface area contributed by atoms with Crippen LogP contribution in [0.1, 0.15) is 35.1 Å². The standard InChI is InChI=1S/C16H20N4O2S/c1-3-17-14(21)12-5-4-6-13(9-12)20-16(22)19-10-11(2)15-18-7-8-23-15/h4-9,11H,3,10H2,1-2H3,(H,17,21)(H2,19,20,22). The first kappa shape index (κ1) is 17.0. The molecule has 1 aromatic heterocycles. The van der Waals surface area contributed by atoms with Crippen LogP contribution in [0.25, 0.3) is 0 Å². The van der Waals surface area contributed by atoms with E-state index in [1.54, 1.807) is 41.8 Å². The second-order valence-corrected chi connectivity index (χ2v) is 5.97. The van der Waals surface area contributed by atoms with Gasteiger partial charge < -0.3 is 16.0 Å². The van der Waals surface area contributed by atoms with Crippen molar-refractivity contribution in [1.29, 1.82) is 0 Å². The fraction of sp³-hybridized carbons (Fsp3) is 0.312. The molecule has 2 rings (SSSR count). The van der Waals surface area contributed by atoms with E-state index >= 15 is 0 Å². The number of urea groups is 1. The van der Waals surface area contributed by atoms with E-state index in [9.17, 15) is 9.59 Å². The van der Waals surface area contributed by atoms with Crippen LogP contribution in [0.2, 0.25) is 0 Å². The van der Waals surface area contributed by atoms with Crippen LogP contribution in [0.5, 0.6) is 0 Å². The second kappa shape index (κ2) is 8.28. The van der Waals surface area contributed by atoms with Gasteiger partial charge in [0.1, 0.15) is 0 Å². The number of nitrogens with zero attached hydrogens (tertiary/aromatic N) is 1. The van der Waals surface area contributed by atoms with Crippen LogP contribution in [0.15, 0.2) is 35.8 Å². The predicted octanol–water partition coefficient (Wildman–Crippen LogP) is 2.82. The zero-order valence-corrected chi connectivity index (χ0v) is 13.9. The Morgan fingerprint density at radius 1 is 1.30 bits per heavy atom. The molecule has 0 saturated carbocycles. The van der Waals surface area contributed by atoms with Gasteiger partial charge in [-0.25, -0.2) is 9.78 Å². The molecule has 1 unspecified atom stereocenters. The van der Waals surface area contributed by atoms with E-state index in [4.69, 9.17) is 0 Å². The summed E-state index contributed by atoms with van der Waals surface area (Å²) < 4.78 is 0. The van der Waals surface area contributed by atoms with Crippen molar-refractivity contribution in [3.05, 3.63) is 46.4 Å². The molecule has 7 heteroatoms. The first-order chi connectivity index (χ1) is 11.1. The average molecular weight is 332 g/mol. The van der Waals surface area contributed by atoms with Crippen molar-refractivity contribution in [2.24, 2.45) is 0 Å². The molecule has 0 spiro atoms. The number of benzene rings is 1. The third-order valence-electron chi connectivity index (χ3n) is 3.16. The monoisotopic (exact) mass is 332 g/mol. The highest BCUT2D eigenvalue weighted by Crippen LogP contribution is 2.16. The summed E-state index contributed by atoms with van der Waals surface area (Å²) >= 11 is 1.57. The molecule has 0 bridgehead atoms. The molecular weight excluding hydrogens is 312 g/mol. The molecule has 122 valence electrons. The topological polar surface area (TPSA) is 83.1 Å². The highest BCUT2D eigenvalue weighted by molar-refractivity contribution is 7.09. The normalized spacial score (nSPS) is 11.6. The molecule has 0 aliphatic carbocycles. The summed E-state index contributed by atoms with van der Waals surface area (Å²) in [4.78, 5) is 28.0. The fourth-order valence-electron chi connectivity index (χ4n) is 1.99. The van der Waals surface area contributed by atoms with Crippen molar-refractivity contribution >= 4 is 29.0 Å². The highest BCUT2D eigenvalue weighted by Gasteiger charge is 2.11. The zero-order valence-electron chi connectivity index (χ0n) is 13.1. The highest BCUT2D eigenvalue weighted by atomic mass is 32.1. The molecule has 3 amide bonds. The summed E-state index contributed by atoms with van der Waals surface area (Å²) in [5.41, 5.74) is 1.09. The van der Waals surface area contributed by atoms with E-state index < -0.39 is 0 Å². The molecule has 0 fully saturated rings. The molecule has 0 radical (unpaired) electrons. The summed E-state index contributed by atoms with van der Waals surface area (Å²) in [5.74, 6) is -0.00336. The van der Waals surface area contributed by atoms with Crippen LogP contribution < -0.4 is 16.0 Å². The number of carbonyl (C=O) groups is 2. The minimum atomic E-state index is -0.304. The molecule has 1 atom stereocenters. The summed E-state index contributed by atoms with van der Waals surface area (Å²) in [6, 6.07) is 6.53. The van der Waals surface area contributed by atoms with E-state index in [-0.39, 0.29) is 17.9 Å². The molecule has 0 saturated heterocycles. The van der Waals surface area contributed by atoms with Gasteiger partial charge in [-0.2, -0.15) is 0 Å². The molecule has 2 aromatic rings. The van der Waals surface area contributed by atoms with Crippen LogP contribution in [-0.4, -0.2) is 30.0 Å². The number of hydrogen-bond donors (Lipinski definition) is 3. The second-order valence-electron chi connectivity index (χ2n) is 5.05. The molecule has 6 nitrogen and oxygen atoms in total. The van der Waals surface area contributed by atoms with Crippen molar-refractivity contribution in [3.63, 3.8) is 0 Å². The predicted molar refractivity (Wildman–Crippen MR) is 92.0 cm³/mol. The van der Waals surface area contributed by atoms with Gasteiger partial charge in [0, 0.05) is 41.8 Å². The molecule has 0 aliphatic heterocycles. The maximum absolute atomic E-state index is 12.0. The number of carbonyl (C=O) groups excluding carboxylic acids is 2. The lowest BCUT2D eigenvalue weighted by molar-refractivity contribution is 0.0956. The van der Waals surface area contributed by atoms with Gasteiger partial charge in [0.15, 0.2) is 0 Å². The van der Waals surface area contributed by atoms with Gasteiger partial charge in [-0.3, -0.25) is 4.79 Å². The van der Waals surface area contributed by atoms with Gasteiger partial charge >= 0.3 is 6.03 Å². The third-order valence-corrected chi connectivity index (χ3v) is 4.17. The van der Waals surface area contributed by atoms with Gasteiger partial charge in [-0.15, -0.1) is 11.3 Å². The Bertz CT molecular complexity index is 658. The summed E-state index contributed by atoms with van der Waals surface area (Å²) in [6.07, 6.45) is 1.75. The van der Waals surface area contributed by atoms with Crippen LogP contribution in [0.4, 0.5) is 10.5 Å². The molecule has 1 aromatic carbocycles. The van der Waals surface area contributed by atoms with Gasteiger partial charge in [-0.05, 0) is 25.1 Å². The van der Waals surface area contributed by atoms with Gasteiger partial charge in [0.25, 0.3) is 5.91 Å². The Morgan fingerprint density at radius 3 is 2.83 bits per heavy atom. The summed E-state index contributed by atoms with van der Waals surface area (Å²) in [7, 11) is 0. The first-order valence-electron chi connectivity index (χ1n) is 7.42. The van der Waals surface area contributed by atoms with E-state index in [0.29, 0.717) is 24.3 Å². The minimum Gasteiger partial charge on any atom is -0.352 e. The van der Waals surface area contributed by atoms with Crippen LogP contribution in [0, 0.1) is 0 Å². The lowest BCUT2D eigenvalue weighted by atomic mass is 10.2. The van der Waals surface area contributed by atoms with Crippen LogP contribution in [-0.2, 0) is 0 Å². The zero-order chi connectivity index (χ0) is 16.7. The Kier molecular flexibility index (Phi) is 6.10. The van der Waals surface area contributed by atoms with Crippen LogP contribution >= 0.6 is 11.3 Å². The van der Waals surface area contributed by atoms with Crippen molar-refractivity contribution in [2.75, 3.05) is 18.4 Å². The molecule has 3 N–H and O–H groups in total. The number of anilines is 1. The maximum Gasteiger partial charge on any atom is 0.319 e. The Labute approximate surface area is 139 Å². The number of thiazole rings is 1. The SMILES string of the molecule is CCNC(=O)c1cccc(NC(=O)NCC(C)c2nccs2)c1. The number of nitrogens with one attached hydrogen (secondary N) is 3. The van der Waals surface area contributed by atoms with Crippen molar-refractivity contribution < 1.29 is 9.59 Å². The molecule has 1 heterocycles. The van der Waals surface area contributed by atoms with E-state index in [1.807, 2.05) is 19.2 Å². The fourth-order valence-corrected chi connectivity index (χ4v) is 2.69. The van der Waals surface area contributed by atoms with Crippen molar-refractivity contribution in [3.8, 4) is 0 Å². The van der Waals surface area contributed by atoms with E-state index in [1.165, 1.54) is 0 Å². The Balaban J connectivity index is 1.87. The Morgan fingerprint density at radius 2 is 2.13 bits per heavy atom. The molecule has 23 heavy (non-hydrogen) atoms. The lowest BCUT2D eigenvalue weighted by Crippen LogP contribution is -2.31. The number of hydrogen-bond acceptors (Lipinski definition) is 4. The quantitative estimate of drug-likeness (QED) is 0.760. The third kappa shape index (κ3) is 5.07.